The highest BCUT2D eigenvalue weighted by atomic mass is 35.5. The van der Waals surface area contributed by atoms with Crippen molar-refractivity contribution in [3.63, 3.8) is 0 Å². The molecular weight excluding hydrogens is 284 g/mol. The Balaban J connectivity index is 2.22. The van der Waals surface area contributed by atoms with Gasteiger partial charge in [-0.25, -0.2) is 4.98 Å². The molecule has 1 aromatic carbocycles. The number of hydrogen-bond donors (Lipinski definition) is 2. The number of anilines is 2. The number of benzene rings is 1. The summed E-state index contributed by atoms with van der Waals surface area (Å²) < 4.78 is 0. The summed E-state index contributed by atoms with van der Waals surface area (Å²) >= 11 is 7.01. The number of hydrogen-bond acceptors (Lipinski definition) is 5. The van der Waals surface area contributed by atoms with Gasteiger partial charge in [0.15, 0.2) is 5.13 Å². The van der Waals surface area contributed by atoms with Crippen LogP contribution in [-0.2, 0) is 0 Å². The standard InChI is InChI=1S/C12H9ClN4OS/c1-6-10(19-12(15)16-6)11(18)17-8-3-2-7(5-14)9(13)4-8/h2-4H,1H3,(H2,15,16)(H,17,18). The Hall–Kier alpha value is -2.10. The highest BCUT2D eigenvalue weighted by molar-refractivity contribution is 7.17. The van der Waals surface area contributed by atoms with E-state index >= 15 is 0 Å². The molecule has 7 heteroatoms. The number of nitrogens with zero attached hydrogens (tertiary/aromatic N) is 2. The quantitative estimate of drug-likeness (QED) is 0.890. The summed E-state index contributed by atoms with van der Waals surface area (Å²) in [5.74, 6) is -0.299. The maximum absolute atomic E-state index is 12.0. The molecule has 2 rings (SSSR count). The van der Waals surface area contributed by atoms with Gasteiger partial charge >= 0.3 is 0 Å². The van der Waals surface area contributed by atoms with E-state index in [1.165, 1.54) is 6.07 Å². The maximum Gasteiger partial charge on any atom is 0.267 e. The molecule has 0 aliphatic rings. The van der Waals surface area contributed by atoms with Gasteiger partial charge in [-0.2, -0.15) is 5.26 Å². The molecule has 0 radical (unpaired) electrons. The van der Waals surface area contributed by atoms with Crippen molar-refractivity contribution in [1.82, 2.24) is 4.98 Å². The third kappa shape index (κ3) is 2.84. The fourth-order valence-electron chi connectivity index (χ4n) is 1.50. The smallest absolute Gasteiger partial charge is 0.267 e. The molecule has 0 saturated heterocycles. The van der Waals surface area contributed by atoms with Gasteiger partial charge in [0.1, 0.15) is 10.9 Å². The van der Waals surface area contributed by atoms with E-state index in [1.54, 1.807) is 19.1 Å². The minimum absolute atomic E-state index is 0.292. The number of rotatable bonds is 2. The van der Waals surface area contributed by atoms with Gasteiger partial charge in [-0.15, -0.1) is 0 Å². The predicted octanol–water partition coefficient (Wildman–Crippen LogP) is 2.81. The molecule has 1 heterocycles. The first-order valence-corrected chi connectivity index (χ1v) is 6.44. The number of carbonyl (C=O) groups excluding carboxylic acids is 1. The lowest BCUT2D eigenvalue weighted by atomic mass is 10.2. The van der Waals surface area contributed by atoms with E-state index in [2.05, 4.69) is 10.3 Å². The van der Waals surface area contributed by atoms with E-state index < -0.39 is 0 Å². The molecule has 1 aromatic heterocycles. The molecule has 0 atom stereocenters. The topological polar surface area (TPSA) is 91.8 Å². The van der Waals surface area contributed by atoms with Crippen LogP contribution < -0.4 is 11.1 Å². The zero-order valence-electron chi connectivity index (χ0n) is 9.90. The normalized spacial score (nSPS) is 9.95. The molecule has 0 unspecified atom stereocenters. The number of aromatic nitrogens is 1. The van der Waals surface area contributed by atoms with E-state index in [0.29, 0.717) is 32.0 Å². The Bertz CT molecular complexity index is 690. The Morgan fingerprint density at radius 2 is 2.32 bits per heavy atom. The molecule has 0 saturated carbocycles. The zero-order valence-corrected chi connectivity index (χ0v) is 11.5. The van der Waals surface area contributed by atoms with Crippen LogP contribution in [0.2, 0.25) is 5.02 Å². The average Bonchev–Trinajstić information content (AvgIpc) is 2.69. The summed E-state index contributed by atoms with van der Waals surface area (Å²) in [5, 5.41) is 12.1. The van der Waals surface area contributed by atoms with E-state index in [4.69, 9.17) is 22.6 Å². The minimum Gasteiger partial charge on any atom is -0.375 e. The lowest BCUT2D eigenvalue weighted by Gasteiger charge is -2.05. The Morgan fingerprint density at radius 1 is 1.58 bits per heavy atom. The fourth-order valence-corrected chi connectivity index (χ4v) is 2.45. The summed E-state index contributed by atoms with van der Waals surface area (Å²) in [4.78, 5) is 16.5. The van der Waals surface area contributed by atoms with Crippen LogP contribution in [-0.4, -0.2) is 10.9 Å². The number of aryl methyl sites for hydroxylation is 1. The fraction of sp³-hybridized carbons (Fsp3) is 0.0833. The van der Waals surface area contributed by atoms with Gasteiger partial charge in [-0.1, -0.05) is 22.9 Å². The molecule has 0 spiro atoms. The van der Waals surface area contributed by atoms with Crippen LogP contribution in [0.5, 0.6) is 0 Å². The van der Waals surface area contributed by atoms with Crippen molar-refractivity contribution in [3.05, 3.63) is 39.4 Å². The van der Waals surface area contributed by atoms with Crippen LogP contribution in [0.1, 0.15) is 20.9 Å². The van der Waals surface area contributed by atoms with Gasteiger partial charge < -0.3 is 11.1 Å². The number of nitrogens with two attached hydrogens (primary N) is 1. The number of nitriles is 1. The molecule has 1 amide bonds. The van der Waals surface area contributed by atoms with Crippen molar-refractivity contribution in [1.29, 1.82) is 5.26 Å². The second-order valence-electron chi connectivity index (χ2n) is 3.73. The second-order valence-corrected chi connectivity index (χ2v) is 5.17. The van der Waals surface area contributed by atoms with Gasteiger partial charge in [0.05, 0.1) is 16.3 Å². The van der Waals surface area contributed by atoms with Gasteiger partial charge in [0, 0.05) is 5.69 Å². The molecule has 0 fully saturated rings. The van der Waals surface area contributed by atoms with Crippen molar-refractivity contribution >= 4 is 39.7 Å². The maximum atomic E-state index is 12.0. The molecule has 96 valence electrons. The van der Waals surface area contributed by atoms with Gasteiger partial charge in [-0.05, 0) is 25.1 Å². The van der Waals surface area contributed by atoms with Crippen molar-refractivity contribution in [2.45, 2.75) is 6.92 Å². The monoisotopic (exact) mass is 292 g/mol. The highest BCUT2D eigenvalue weighted by Crippen LogP contribution is 2.23. The van der Waals surface area contributed by atoms with Gasteiger partial charge in [0.2, 0.25) is 0 Å². The Morgan fingerprint density at radius 3 is 2.84 bits per heavy atom. The lowest BCUT2D eigenvalue weighted by molar-refractivity contribution is 0.103. The molecule has 5 nitrogen and oxygen atoms in total. The SMILES string of the molecule is Cc1nc(N)sc1C(=O)Nc1ccc(C#N)c(Cl)c1. The molecule has 2 aromatic rings. The third-order valence-electron chi connectivity index (χ3n) is 2.37. The summed E-state index contributed by atoms with van der Waals surface area (Å²) in [6, 6.07) is 6.64. The van der Waals surface area contributed by atoms with E-state index in [-0.39, 0.29) is 5.91 Å². The first kappa shape index (κ1) is 13.3. The number of halogens is 1. The summed E-state index contributed by atoms with van der Waals surface area (Å²) in [5.41, 5.74) is 7.00. The molecule has 19 heavy (non-hydrogen) atoms. The number of amides is 1. The van der Waals surface area contributed by atoms with Gasteiger partial charge in [0.25, 0.3) is 5.91 Å². The van der Waals surface area contributed by atoms with Crippen molar-refractivity contribution in [2.24, 2.45) is 0 Å². The van der Waals surface area contributed by atoms with E-state index in [0.717, 1.165) is 11.3 Å². The molecular formula is C12H9ClN4OS. The molecule has 0 aliphatic heterocycles. The molecule has 3 N–H and O–H groups in total. The van der Waals surface area contributed by atoms with Crippen molar-refractivity contribution in [3.8, 4) is 6.07 Å². The lowest BCUT2D eigenvalue weighted by Crippen LogP contribution is -2.11. The first-order valence-electron chi connectivity index (χ1n) is 5.25. The zero-order chi connectivity index (χ0) is 14.0. The average molecular weight is 293 g/mol. The van der Waals surface area contributed by atoms with Crippen LogP contribution in [0.25, 0.3) is 0 Å². The summed E-state index contributed by atoms with van der Waals surface area (Å²) in [6.07, 6.45) is 0. The van der Waals surface area contributed by atoms with Crippen molar-refractivity contribution < 1.29 is 4.79 Å². The Labute approximate surface area is 118 Å². The third-order valence-corrected chi connectivity index (χ3v) is 3.66. The van der Waals surface area contributed by atoms with E-state index in [1.807, 2.05) is 6.07 Å². The number of carbonyl (C=O) groups is 1. The van der Waals surface area contributed by atoms with Crippen LogP contribution >= 0.6 is 22.9 Å². The molecule has 0 aliphatic carbocycles. The van der Waals surface area contributed by atoms with Crippen molar-refractivity contribution in [2.75, 3.05) is 11.1 Å². The second kappa shape index (κ2) is 5.26. The van der Waals surface area contributed by atoms with E-state index in [9.17, 15) is 4.79 Å². The van der Waals surface area contributed by atoms with Crippen LogP contribution in [0.4, 0.5) is 10.8 Å². The number of thiazole rings is 1. The van der Waals surface area contributed by atoms with Crippen LogP contribution in [0, 0.1) is 18.3 Å². The highest BCUT2D eigenvalue weighted by Gasteiger charge is 2.14. The predicted molar refractivity (Wildman–Crippen MR) is 75.4 cm³/mol. The largest absolute Gasteiger partial charge is 0.375 e. The summed E-state index contributed by atoms with van der Waals surface area (Å²) in [6.45, 7) is 1.72. The molecule has 0 bridgehead atoms. The number of nitrogens with one attached hydrogen (secondary N) is 1. The van der Waals surface area contributed by atoms with Crippen LogP contribution in [0.15, 0.2) is 18.2 Å². The minimum atomic E-state index is -0.299. The number of nitrogen functional groups attached to an aromatic ring is 1. The summed E-state index contributed by atoms with van der Waals surface area (Å²) in [7, 11) is 0. The van der Waals surface area contributed by atoms with Crippen LogP contribution in [0.3, 0.4) is 0 Å². The van der Waals surface area contributed by atoms with Gasteiger partial charge in [-0.3, -0.25) is 4.79 Å². The first-order chi connectivity index (χ1) is 9.01. The Kier molecular flexibility index (Phi) is 3.69.